The lowest BCUT2D eigenvalue weighted by molar-refractivity contribution is -0.309. The van der Waals surface area contributed by atoms with E-state index in [0.717, 1.165) is 37.8 Å². The maximum absolute atomic E-state index is 13.5. The first-order valence-corrected chi connectivity index (χ1v) is 10.9. The second-order valence-electron chi connectivity index (χ2n) is 8.44. The van der Waals surface area contributed by atoms with Crippen molar-refractivity contribution in [3.8, 4) is 11.5 Å². The minimum Gasteiger partial charge on any atom is -0.549 e. The molecular weight excluding hydrogens is 451 g/mol. The van der Waals surface area contributed by atoms with Gasteiger partial charge in [0.25, 0.3) is 5.91 Å². The number of fused-ring (bicyclic) bond motifs is 1. The normalized spacial score (nSPS) is 15.4. The van der Waals surface area contributed by atoms with E-state index < -0.39 is 29.9 Å². The zero-order chi connectivity index (χ0) is 24.6. The van der Waals surface area contributed by atoms with E-state index >= 15 is 0 Å². The summed E-state index contributed by atoms with van der Waals surface area (Å²) in [5.74, 6) is -2.63. The number of carboxylic acids is 1. The van der Waals surface area contributed by atoms with Crippen molar-refractivity contribution in [3.63, 3.8) is 0 Å². The molecule has 0 radical (unpaired) electrons. The number of rotatable bonds is 6. The van der Waals surface area contributed by atoms with Crippen molar-refractivity contribution in [2.75, 3.05) is 7.11 Å². The molecule has 0 bridgehead atoms. The van der Waals surface area contributed by atoms with Crippen LogP contribution in [0.2, 0.25) is 0 Å². The fourth-order valence-electron chi connectivity index (χ4n) is 4.97. The Morgan fingerprint density at radius 2 is 1.68 bits per heavy atom. The zero-order valence-electron chi connectivity index (χ0n) is 18.6. The molecule has 9 heteroatoms. The zero-order valence-corrected chi connectivity index (χ0v) is 18.6. The van der Waals surface area contributed by atoms with Gasteiger partial charge >= 0.3 is 6.36 Å². The van der Waals surface area contributed by atoms with Crippen molar-refractivity contribution in [1.82, 2.24) is 4.57 Å². The molecule has 1 atom stereocenters. The van der Waals surface area contributed by atoms with E-state index in [4.69, 9.17) is 4.74 Å². The molecule has 0 N–H and O–H groups in total. The maximum Gasteiger partial charge on any atom is 0.573 e. The molecule has 1 saturated carbocycles. The molecule has 34 heavy (non-hydrogen) atoms. The van der Waals surface area contributed by atoms with Gasteiger partial charge in [-0.25, -0.2) is 0 Å². The molecule has 1 aliphatic rings. The summed E-state index contributed by atoms with van der Waals surface area (Å²) >= 11 is 0. The highest BCUT2D eigenvalue weighted by Crippen LogP contribution is 2.43. The fraction of sp³-hybridized carbons (Fsp3) is 0.360. The first-order chi connectivity index (χ1) is 16.1. The van der Waals surface area contributed by atoms with E-state index in [1.165, 1.54) is 23.8 Å². The van der Waals surface area contributed by atoms with Gasteiger partial charge in [-0.2, -0.15) is 0 Å². The molecule has 1 aliphatic carbocycles. The Balaban J connectivity index is 1.84. The number of hydrogen-bond acceptors (Lipinski definition) is 5. The molecule has 0 aliphatic heterocycles. The summed E-state index contributed by atoms with van der Waals surface area (Å²) in [4.78, 5) is 25.8. The highest BCUT2D eigenvalue weighted by Gasteiger charge is 2.33. The van der Waals surface area contributed by atoms with Crippen molar-refractivity contribution in [1.29, 1.82) is 0 Å². The summed E-state index contributed by atoms with van der Waals surface area (Å²) in [5, 5.41) is 12.9. The van der Waals surface area contributed by atoms with E-state index in [2.05, 4.69) is 4.74 Å². The molecule has 0 spiro atoms. The lowest BCUT2D eigenvalue weighted by Crippen LogP contribution is -2.34. The molecule has 1 unspecified atom stereocenters. The van der Waals surface area contributed by atoms with Gasteiger partial charge in [0.2, 0.25) is 0 Å². The molecule has 0 saturated heterocycles. The summed E-state index contributed by atoms with van der Waals surface area (Å²) in [6.45, 7) is 1.67. The summed E-state index contributed by atoms with van der Waals surface area (Å²) < 4.78 is 48.0. The Bertz CT molecular complexity index is 1220. The Hall–Kier alpha value is -3.49. The number of aliphatic carboxylic acids is 1. The van der Waals surface area contributed by atoms with Crippen LogP contribution in [-0.2, 0) is 4.79 Å². The number of halogens is 3. The first-order valence-electron chi connectivity index (χ1n) is 10.9. The van der Waals surface area contributed by atoms with Gasteiger partial charge in [-0.05, 0) is 73.7 Å². The predicted molar refractivity (Wildman–Crippen MR) is 116 cm³/mol. The van der Waals surface area contributed by atoms with Crippen LogP contribution in [0.25, 0.3) is 10.9 Å². The van der Waals surface area contributed by atoms with E-state index in [1.807, 2.05) is 0 Å². The number of methoxy groups -OCH3 is 1. The van der Waals surface area contributed by atoms with Crippen LogP contribution in [-0.4, -0.2) is 29.9 Å². The van der Waals surface area contributed by atoms with Crippen LogP contribution in [0.3, 0.4) is 0 Å². The molecule has 1 aromatic heterocycles. The lowest BCUT2D eigenvalue weighted by Gasteiger charge is -2.25. The van der Waals surface area contributed by atoms with Crippen molar-refractivity contribution in [3.05, 3.63) is 59.3 Å². The van der Waals surface area contributed by atoms with Crippen LogP contribution < -0.4 is 14.6 Å². The van der Waals surface area contributed by atoms with Crippen LogP contribution in [0.1, 0.15) is 53.2 Å². The molecule has 3 aromatic rings. The molecule has 1 fully saturated rings. The minimum absolute atomic E-state index is 0.108. The minimum atomic E-state index is -4.84. The number of hydrogen-bond donors (Lipinski definition) is 0. The Labute approximate surface area is 193 Å². The third-order valence-electron chi connectivity index (χ3n) is 6.43. The highest BCUT2D eigenvalue weighted by atomic mass is 19.4. The van der Waals surface area contributed by atoms with E-state index in [1.54, 1.807) is 25.1 Å². The van der Waals surface area contributed by atoms with Crippen molar-refractivity contribution in [2.45, 2.75) is 44.9 Å². The van der Waals surface area contributed by atoms with Gasteiger partial charge in [0.1, 0.15) is 11.5 Å². The molecule has 4 rings (SSSR count). The van der Waals surface area contributed by atoms with Crippen LogP contribution in [0.15, 0.2) is 42.5 Å². The van der Waals surface area contributed by atoms with Crippen molar-refractivity contribution in [2.24, 2.45) is 5.92 Å². The quantitative estimate of drug-likeness (QED) is 0.523. The van der Waals surface area contributed by atoms with Crippen molar-refractivity contribution >= 4 is 22.8 Å². The van der Waals surface area contributed by atoms with Gasteiger partial charge < -0.3 is 19.4 Å². The number of ether oxygens (including phenoxy) is 2. The standard InChI is InChI=1S/C25H24F3NO5/c1-14-21(22(24(31)32)15-5-3-4-6-15)19-13-18(33-2)11-12-20(19)29(14)23(30)16-7-9-17(10-8-16)34-25(26,27)28/h7-13,15,22H,3-6H2,1-2H3,(H,31,32)/p-1. The average molecular weight is 474 g/mol. The second kappa shape index (κ2) is 9.04. The second-order valence-corrected chi connectivity index (χ2v) is 8.44. The van der Waals surface area contributed by atoms with Gasteiger partial charge in [0.05, 0.1) is 12.6 Å². The third kappa shape index (κ3) is 4.47. The number of aromatic nitrogens is 1. The summed E-state index contributed by atoms with van der Waals surface area (Å²) in [7, 11) is 1.49. The number of alkyl halides is 3. The number of benzene rings is 2. The molecule has 0 amide bonds. The average Bonchev–Trinajstić information content (AvgIpc) is 3.39. The maximum atomic E-state index is 13.5. The molecule has 6 nitrogen and oxygen atoms in total. The third-order valence-corrected chi connectivity index (χ3v) is 6.43. The smallest absolute Gasteiger partial charge is 0.549 e. The lowest BCUT2D eigenvalue weighted by atomic mass is 9.83. The number of carbonyl (C=O) groups excluding carboxylic acids is 2. The SMILES string of the molecule is COc1ccc2c(c1)c(C(C(=O)[O-])C1CCCC1)c(C)n2C(=O)c1ccc(OC(F)(F)F)cc1. The van der Waals surface area contributed by atoms with Gasteiger partial charge in [0, 0.05) is 28.5 Å². The largest absolute Gasteiger partial charge is 0.573 e. The van der Waals surface area contributed by atoms with Crippen LogP contribution in [0, 0.1) is 12.8 Å². The van der Waals surface area contributed by atoms with Crippen LogP contribution >= 0.6 is 0 Å². The predicted octanol–water partition coefficient (Wildman–Crippen LogP) is 4.57. The summed E-state index contributed by atoms with van der Waals surface area (Å²) in [5.41, 5.74) is 1.57. The number of nitrogens with zero attached hydrogens (tertiary/aromatic N) is 1. The summed E-state index contributed by atoms with van der Waals surface area (Å²) in [6, 6.07) is 9.65. The van der Waals surface area contributed by atoms with Gasteiger partial charge in [-0.3, -0.25) is 9.36 Å². The number of carbonyl (C=O) groups is 2. The molecule has 1 heterocycles. The van der Waals surface area contributed by atoms with E-state index in [0.29, 0.717) is 27.9 Å². The fourth-order valence-corrected chi connectivity index (χ4v) is 4.97. The molecule has 180 valence electrons. The number of carboxylic acid groups (broad SMARTS) is 1. The summed E-state index contributed by atoms with van der Waals surface area (Å²) in [6.07, 6.45) is -1.47. The Morgan fingerprint density at radius 1 is 1.06 bits per heavy atom. The topological polar surface area (TPSA) is 80.6 Å². The van der Waals surface area contributed by atoms with Crippen LogP contribution in [0.5, 0.6) is 11.5 Å². The Morgan fingerprint density at radius 3 is 2.24 bits per heavy atom. The van der Waals surface area contributed by atoms with E-state index in [-0.39, 0.29) is 11.5 Å². The van der Waals surface area contributed by atoms with Gasteiger partial charge in [-0.1, -0.05) is 12.8 Å². The molecule has 2 aromatic carbocycles. The van der Waals surface area contributed by atoms with Crippen LogP contribution in [0.4, 0.5) is 13.2 Å². The van der Waals surface area contributed by atoms with E-state index in [9.17, 15) is 27.9 Å². The Kier molecular flexibility index (Phi) is 6.29. The monoisotopic (exact) mass is 474 g/mol. The van der Waals surface area contributed by atoms with Gasteiger partial charge in [-0.15, -0.1) is 13.2 Å². The highest BCUT2D eigenvalue weighted by molar-refractivity contribution is 6.05. The molecular formula is C25H23F3NO5-. The first kappa shape index (κ1) is 23.7. The van der Waals surface area contributed by atoms with Crippen molar-refractivity contribution < 1.29 is 37.3 Å². The van der Waals surface area contributed by atoms with Gasteiger partial charge in [0.15, 0.2) is 0 Å².